The number of aryl methyl sites for hydroxylation is 2. The predicted molar refractivity (Wildman–Crippen MR) is 97.5 cm³/mol. The minimum absolute atomic E-state index is 0.103. The fourth-order valence-electron chi connectivity index (χ4n) is 2.99. The van der Waals surface area contributed by atoms with Crippen LogP contribution in [0.3, 0.4) is 0 Å². The number of fused-ring (bicyclic) bond motifs is 2. The molecule has 0 fully saturated rings. The zero-order chi connectivity index (χ0) is 17.6. The second-order valence-electron chi connectivity index (χ2n) is 5.64. The number of carbonyl (C=O) groups is 1. The number of aromatic nitrogens is 4. The molecule has 4 rings (SSSR count). The van der Waals surface area contributed by atoms with Gasteiger partial charge in [-0.1, -0.05) is 12.1 Å². The smallest absolute Gasteiger partial charge is 0.274 e. The van der Waals surface area contributed by atoms with Crippen LogP contribution in [0.2, 0.25) is 0 Å². The summed E-state index contributed by atoms with van der Waals surface area (Å²) in [6.45, 7) is 6.16. The van der Waals surface area contributed by atoms with E-state index in [4.69, 9.17) is 4.74 Å². The molecule has 0 radical (unpaired) electrons. The first-order chi connectivity index (χ1) is 12.1. The molecule has 0 N–H and O–H groups in total. The van der Waals surface area contributed by atoms with Gasteiger partial charge in [0.15, 0.2) is 0 Å². The number of ether oxygens (including phenoxy) is 1. The normalized spacial score (nSPS) is 11.3. The fraction of sp³-hybridized carbons (Fsp3) is 0.222. The third kappa shape index (κ3) is 2.39. The van der Waals surface area contributed by atoms with Crippen LogP contribution in [0.4, 0.5) is 0 Å². The SMILES string of the molecule is CCOc1ncnc2sc(C(=O)n3c(C)nc4ccccc43)c(C)c12. The third-order valence-electron chi connectivity index (χ3n) is 4.10. The van der Waals surface area contributed by atoms with Gasteiger partial charge in [0.2, 0.25) is 5.88 Å². The van der Waals surface area contributed by atoms with Crippen molar-refractivity contribution in [2.24, 2.45) is 0 Å². The Balaban J connectivity index is 1.92. The van der Waals surface area contributed by atoms with Gasteiger partial charge < -0.3 is 4.74 Å². The lowest BCUT2D eigenvalue weighted by atomic mass is 10.2. The van der Waals surface area contributed by atoms with E-state index >= 15 is 0 Å². The van der Waals surface area contributed by atoms with Crippen LogP contribution in [-0.2, 0) is 0 Å². The average molecular weight is 352 g/mol. The molecule has 0 unspecified atom stereocenters. The molecule has 0 saturated carbocycles. The lowest BCUT2D eigenvalue weighted by molar-refractivity contribution is 0.0966. The zero-order valence-electron chi connectivity index (χ0n) is 14.1. The van der Waals surface area contributed by atoms with Crippen LogP contribution in [0.5, 0.6) is 5.88 Å². The maximum atomic E-state index is 13.2. The molecule has 3 aromatic heterocycles. The van der Waals surface area contributed by atoms with E-state index in [0.29, 0.717) is 23.2 Å². The van der Waals surface area contributed by atoms with Crippen molar-refractivity contribution in [1.29, 1.82) is 0 Å². The molecule has 0 spiro atoms. The minimum atomic E-state index is -0.103. The zero-order valence-corrected chi connectivity index (χ0v) is 14.9. The summed E-state index contributed by atoms with van der Waals surface area (Å²) in [5, 5.41) is 0.805. The number of benzene rings is 1. The number of thiophene rings is 1. The molecule has 0 aliphatic carbocycles. The summed E-state index contributed by atoms with van der Waals surface area (Å²) in [6, 6.07) is 7.63. The average Bonchev–Trinajstić information content (AvgIpc) is 3.12. The second kappa shape index (κ2) is 5.93. The van der Waals surface area contributed by atoms with Crippen LogP contribution in [0.15, 0.2) is 30.6 Å². The first kappa shape index (κ1) is 15.7. The van der Waals surface area contributed by atoms with E-state index in [0.717, 1.165) is 26.8 Å². The van der Waals surface area contributed by atoms with Crippen LogP contribution in [0.25, 0.3) is 21.3 Å². The summed E-state index contributed by atoms with van der Waals surface area (Å²) >= 11 is 1.36. The van der Waals surface area contributed by atoms with Crippen LogP contribution in [0.1, 0.15) is 28.0 Å². The van der Waals surface area contributed by atoms with Gasteiger partial charge in [0.25, 0.3) is 5.91 Å². The first-order valence-corrected chi connectivity index (χ1v) is 8.79. The van der Waals surface area contributed by atoms with Crippen molar-refractivity contribution in [2.75, 3.05) is 6.61 Å². The molecule has 25 heavy (non-hydrogen) atoms. The summed E-state index contributed by atoms with van der Waals surface area (Å²) in [6.07, 6.45) is 1.47. The van der Waals surface area contributed by atoms with Gasteiger partial charge in [-0.05, 0) is 38.5 Å². The number of rotatable bonds is 3. The molecule has 0 saturated heterocycles. The van der Waals surface area contributed by atoms with E-state index in [-0.39, 0.29) is 5.91 Å². The van der Waals surface area contributed by atoms with Crippen LogP contribution in [-0.4, -0.2) is 32.0 Å². The monoisotopic (exact) mass is 352 g/mol. The van der Waals surface area contributed by atoms with Gasteiger partial charge in [0, 0.05) is 0 Å². The molecule has 0 aliphatic heterocycles. The molecular formula is C18H16N4O2S. The summed E-state index contributed by atoms with van der Waals surface area (Å²) in [7, 11) is 0. The summed E-state index contributed by atoms with van der Waals surface area (Å²) in [5.74, 6) is 1.08. The van der Waals surface area contributed by atoms with Gasteiger partial charge in [-0.2, -0.15) is 0 Å². The third-order valence-corrected chi connectivity index (χ3v) is 5.29. The van der Waals surface area contributed by atoms with Gasteiger partial charge in [-0.3, -0.25) is 9.36 Å². The number of hydrogen-bond acceptors (Lipinski definition) is 6. The Morgan fingerprint density at radius 3 is 2.84 bits per heavy atom. The van der Waals surface area contributed by atoms with Crippen molar-refractivity contribution in [3.05, 3.63) is 46.9 Å². The van der Waals surface area contributed by atoms with E-state index in [9.17, 15) is 4.79 Å². The van der Waals surface area contributed by atoms with Crippen molar-refractivity contribution in [2.45, 2.75) is 20.8 Å². The number of para-hydroxylation sites is 2. The Morgan fingerprint density at radius 1 is 1.24 bits per heavy atom. The fourth-order valence-corrected chi connectivity index (χ4v) is 4.06. The van der Waals surface area contributed by atoms with E-state index < -0.39 is 0 Å². The predicted octanol–water partition coefficient (Wildman–Crippen LogP) is 3.75. The van der Waals surface area contributed by atoms with E-state index in [1.54, 1.807) is 4.57 Å². The largest absolute Gasteiger partial charge is 0.477 e. The van der Waals surface area contributed by atoms with E-state index in [2.05, 4.69) is 15.0 Å². The Morgan fingerprint density at radius 2 is 2.04 bits per heavy atom. The lowest BCUT2D eigenvalue weighted by Crippen LogP contribution is -2.13. The summed E-state index contributed by atoms with van der Waals surface area (Å²) in [4.78, 5) is 27.6. The molecule has 0 aliphatic rings. The molecule has 0 amide bonds. The van der Waals surface area contributed by atoms with Crippen molar-refractivity contribution in [3.63, 3.8) is 0 Å². The van der Waals surface area contributed by atoms with Gasteiger partial charge in [0.05, 0.1) is 27.9 Å². The Kier molecular flexibility index (Phi) is 3.73. The van der Waals surface area contributed by atoms with E-state index in [1.165, 1.54) is 17.7 Å². The number of hydrogen-bond donors (Lipinski definition) is 0. The molecule has 0 bridgehead atoms. The minimum Gasteiger partial charge on any atom is -0.477 e. The standard InChI is InChI=1S/C18H16N4O2S/c1-4-24-16-14-10(2)15(25-17(14)20-9-19-16)18(23)22-11(3)21-12-7-5-6-8-13(12)22/h5-9H,4H2,1-3H3. The van der Waals surface area contributed by atoms with Crippen LogP contribution < -0.4 is 4.74 Å². The van der Waals surface area contributed by atoms with Crippen molar-refractivity contribution in [1.82, 2.24) is 19.5 Å². The number of carbonyl (C=O) groups excluding carboxylic acids is 1. The molecule has 0 atom stereocenters. The number of imidazole rings is 1. The highest BCUT2D eigenvalue weighted by Gasteiger charge is 2.23. The Bertz CT molecular complexity index is 1110. The Hall–Kier alpha value is -2.80. The van der Waals surface area contributed by atoms with E-state index in [1.807, 2.05) is 45.0 Å². The summed E-state index contributed by atoms with van der Waals surface area (Å²) in [5.41, 5.74) is 2.45. The van der Waals surface area contributed by atoms with Crippen molar-refractivity contribution < 1.29 is 9.53 Å². The molecule has 4 aromatic rings. The second-order valence-corrected chi connectivity index (χ2v) is 6.64. The van der Waals surface area contributed by atoms with Gasteiger partial charge >= 0.3 is 0 Å². The number of nitrogens with zero attached hydrogens (tertiary/aromatic N) is 4. The van der Waals surface area contributed by atoms with Gasteiger partial charge in [-0.25, -0.2) is 15.0 Å². The molecule has 6 nitrogen and oxygen atoms in total. The maximum Gasteiger partial charge on any atom is 0.274 e. The summed E-state index contributed by atoms with van der Waals surface area (Å²) < 4.78 is 7.26. The quantitative estimate of drug-likeness (QED) is 0.562. The topological polar surface area (TPSA) is 69.9 Å². The molecular weight excluding hydrogens is 336 g/mol. The van der Waals surface area contributed by atoms with Gasteiger partial charge in [-0.15, -0.1) is 11.3 Å². The molecule has 1 aromatic carbocycles. The highest BCUT2D eigenvalue weighted by atomic mass is 32.1. The van der Waals surface area contributed by atoms with Crippen LogP contribution >= 0.6 is 11.3 Å². The first-order valence-electron chi connectivity index (χ1n) is 7.97. The van der Waals surface area contributed by atoms with Crippen molar-refractivity contribution >= 4 is 38.5 Å². The van der Waals surface area contributed by atoms with Crippen molar-refractivity contribution in [3.8, 4) is 5.88 Å². The molecule has 126 valence electrons. The maximum absolute atomic E-state index is 13.2. The molecule has 3 heterocycles. The van der Waals surface area contributed by atoms with Gasteiger partial charge in [0.1, 0.15) is 17.0 Å². The highest BCUT2D eigenvalue weighted by Crippen LogP contribution is 2.35. The molecule has 7 heteroatoms. The highest BCUT2D eigenvalue weighted by molar-refractivity contribution is 7.20. The lowest BCUT2D eigenvalue weighted by Gasteiger charge is -2.05. The Labute approximate surface area is 148 Å². The van der Waals surface area contributed by atoms with Crippen LogP contribution in [0, 0.1) is 13.8 Å².